The van der Waals surface area contributed by atoms with Crippen molar-refractivity contribution >= 4 is 17.3 Å². The zero-order chi connectivity index (χ0) is 23.9. The van der Waals surface area contributed by atoms with E-state index in [9.17, 15) is 14.9 Å². The highest BCUT2D eigenvalue weighted by Gasteiger charge is 2.14. The maximum atomic E-state index is 12.8. The van der Waals surface area contributed by atoms with Gasteiger partial charge < -0.3 is 10.1 Å². The van der Waals surface area contributed by atoms with E-state index in [1.165, 1.54) is 16.8 Å². The van der Waals surface area contributed by atoms with Crippen molar-refractivity contribution in [1.29, 1.82) is 5.26 Å². The van der Waals surface area contributed by atoms with Gasteiger partial charge in [-0.2, -0.15) is 10.4 Å². The Morgan fingerprint density at radius 1 is 1.06 bits per heavy atom. The molecule has 9 nitrogen and oxygen atoms in total. The largest absolute Gasteiger partial charge is 0.489 e. The lowest BCUT2D eigenvalue weighted by Gasteiger charge is -2.12. The van der Waals surface area contributed by atoms with Crippen LogP contribution in [-0.4, -0.2) is 20.6 Å². The number of amides is 1. The second-order valence-corrected chi connectivity index (χ2v) is 7.30. The Hall–Kier alpha value is -4.97. The van der Waals surface area contributed by atoms with Crippen molar-refractivity contribution in [3.8, 4) is 17.5 Å². The van der Waals surface area contributed by atoms with Crippen molar-refractivity contribution in [3.63, 3.8) is 0 Å². The van der Waals surface area contributed by atoms with Crippen LogP contribution in [0.25, 0.3) is 5.69 Å². The van der Waals surface area contributed by atoms with Crippen LogP contribution in [0.5, 0.6) is 5.75 Å². The summed E-state index contributed by atoms with van der Waals surface area (Å²) in [6, 6.07) is 24.1. The number of nitrogens with one attached hydrogen (secondary N) is 1. The van der Waals surface area contributed by atoms with E-state index in [2.05, 4.69) is 16.5 Å². The van der Waals surface area contributed by atoms with Gasteiger partial charge in [0.05, 0.1) is 23.1 Å². The molecular weight excluding hydrogens is 434 g/mol. The van der Waals surface area contributed by atoms with E-state index < -0.39 is 10.8 Å². The predicted octanol–water partition coefficient (Wildman–Crippen LogP) is 4.68. The summed E-state index contributed by atoms with van der Waals surface area (Å²) in [5.74, 6) is 0.263. The van der Waals surface area contributed by atoms with Gasteiger partial charge in [0.2, 0.25) is 0 Å². The smallest absolute Gasteiger partial charge is 0.276 e. The minimum atomic E-state index is -0.475. The van der Waals surface area contributed by atoms with Gasteiger partial charge in [-0.05, 0) is 42.0 Å². The molecule has 0 saturated carbocycles. The highest BCUT2D eigenvalue weighted by Crippen LogP contribution is 2.20. The average Bonchev–Trinajstić information content (AvgIpc) is 3.35. The molecule has 0 saturated heterocycles. The fourth-order valence-corrected chi connectivity index (χ4v) is 3.23. The number of non-ortho nitro benzene ring substituents is 1. The minimum Gasteiger partial charge on any atom is -0.489 e. The van der Waals surface area contributed by atoms with Crippen LogP contribution in [0.2, 0.25) is 0 Å². The number of nitrogens with zero attached hydrogens (tertiary/aromatic N) is 4. The zero-order valence-corrected chi connectivity index (χ0v) is 17.9. The third-order valence-corrected chi connectivity index (χ3v) is 5.01. The summed E-state index contributed by atoms with van der Waals surface area (Å²) in [4.78, 5) is 23.1. The summed E-state index contributed by atoms with van der Waals surface area (Å²) in [5, 5.41) is 26.7. The fourth-order valence-electron chi connectivity index (χ4n) is 3.23. The molecule has 0 aliphatic rings. The number of nitriles is 1. The molecule has 0 radical (unpaired) electrons. The summed E-state index contributed by atoms with van der Waals surface area (Å²) < 4.78 is 7.32. The van der Waals surface area contributed by atoms with Crippen molar-refractivity contribution in [2.75, 3.05) is 5.32 Å². The summed E-state index contributed by atoms with van der Waals surface area (Å²) >= 11 is 0. The van der Waals surface area contributed by atoms with E-state index in [1.54, 1.807) is 42.6 Å². The lowest BCUT2D eigenvalue weighted by molar-refractivity contribution is -0.384. The molecule has 0 atom stereocenters. The Morgan fingerprint density at radius 2 is 1.79 bits per heavy atom. The second kappa shape index (κ2) is 10.1. The first-order valence-electron chi connectivity index (χ1n) is 10.3. The van der Waals surface area contributed by atoms with E-state index >= 15 is 0 Å². The first-order valence-corrected chi connectivity index (χ1v) is 10.3. The zero-order valence-electron chi connectivity index (χ0n) is 17.9. The molecule has 4 rings (SSSR count). The standard InChI is InChI=1S/C25H19N5O4/c26-15-13-18-5-11-22(12-6-18)34-17-19-3-1-2-4-23(19)27-25(31)24-14-16-29(28-24)20-7-9-21(10-8-20)30(32)33/h1-12,14,16H,13,17H2,(H,27,31). The van der Waals surface area contributed by atoms with E-state index in [4.69, 9.17) is 10.00 Å². The van der Waals surface area contributed by atoms with E-state index in [1.807, 2.05) is 30.3 Å². The molecule has 3 aromatic carbocycles. The molecule has 9 heteroatoms. The number of hydrogen-bond donors (Lipinski definition) is 1. The van der Waals surface area contributed by atoms with Gasteiger partial charge in [-0.3, -0.25) is 14.9 Å². The molecule has 0 unspecified atom stereocenters. The van der Waals surface area contributed by atoms with Crippen LogP contribution >= 0.6 is 0 Å². The Morgan fingerprint density at radius 3 is 2.50 bits per heavy atom. The van der Waals surface area contributed by atoms with E-state index in [0.717, 1.165) is 11.1 Å². The van der Waals surface area contributed by atoms with Gasteiger partial charge in [0, 0.05) is 29.6 Å². The molecule has 0 bridgehead atoms. The van der Waals surface area contributed by atoms with Crippen molar-refractivity contribution in [2.45, 2.75) is 13.0 Å². The second-order valence-electron chi connectivity index (χ2n) is 7.30. The summed E-state index contributed by atoms with van der Waals surface area (Å²) in [7, 11) is 0. The number of rotatable bonds is 8. The lowest BCUT2D eigenvalue weighted by Crippen LogP contribution is -2.15. The van der Waals surface area contributed by atoms with Gasteiger partial charge in [-0.25, -0.2) is 4.68 Å². The van der Waals surface area contributed by atoms with Crippen LogP contribution in [0.15, 0.2) is 85.1 Å². The monoisotopic (exact) mass is 453 g/mol. The number of aromatic nitrogens is 2. The molecule has 168 valence electrons. The van der Waals surface area contributed by atoms with Crippen molar-refractivity contribution < 1.29 is 14.5 Å². The molecule has 0 aliphatic carbocycles. The predicted molar refractivity (Wildman–Crippen MR) is 125 cm³/mol. The van der Waals surface area contributed by atoms with Gasteiger partial charge in [0.1, 0.15) is 12.4 Å². The number of para-hydroxylation sites is 1. The summed E-state index contributed by atoms with van der Waals surface area (Å²) in [6.45, 7) is 0.241. The topological polar surface area (TPSA) is 123 Å². The number of carbonyl (C=O) groups excluding carboxylic acids is 1. The van der Waals surface area contributed by atoms with Gasteiger partial charge >= 0.3 is 0 Å². The van der Waals surface area contributed by atoms with Crippen LogP contribution in [0.1, 0.15) is 21.6 Å². The van der Waals surface area contributed by atoms with Crippen LogP contribution < -0.4 is 10.1 Å². The number of nitro benzene ring substituents is 1. The molecule has 0 fully saturated rings. The molecule has 34 heavy (non-hydrogen) atoms. The molecular formula is C25H19N5O4. The van der Waals surface area contributed by atoms with Crippen molar-refractivity contribution in [1.82, 2.24) is 9.78 Å². The number of carbonyl (C=O) groups is 1. The van der Waals surface area contributed by atoms with Gasteiger partial charge in [-0.1, -0.05) is 30.3 Å². The Balaban J connectivity index is 1.43. The van der Waals surface area contributed by atoms with Crippen LogP contribution in [0.3, 0.4) is 0 Å². The lowest BCUT2D eigenvalue weighted by atomic mass is 10.1. The third-order valence-electron chi connectivity index (χ3n) is 5.01. The molecule has 1 aromatic heterocycles. The molecule has 1 heterocycles. The normalized spacial score (nSPS) is 10.3. The fraction of sp³-hybridized carbons (Fsp3) is 0.0800. The third kappa shape index (κ3) is 5.26. The number of anilines is 1. The van der Waals surface area contributed by atoms with Crippen LogP contribution in [0, 0.1) is 21.4 Å². The minimum absolute atomic E-state index is 0.0224. The molecule has 0 spiro atoms. The van der Waals surface area contributed by atoms with Gasteiger partial charge in [-0.15, -0.1) is 0 Å². The molecule has 1 N–H and O–H groups in total. The SMILES string of the molecule is N#CCc1ccc(OCc2ccccc2NC(=O)c2ccn(-c3ccc([N+](=O)[O-])cc3)n2)cc1. The molecule has 0 aliphatic heterocycles. The average molecular weight is 453 g/mol. The molecule has 1 amide bonds. The first-order chi connectivity index (χ1) is 16.5. The Bertz CT molecular complexity index is 1360. The number of ether oxygens (including phenoxy) is 1. The van der Waals surface area contributed by atoms with Crippen LogP contribution in [0.4, 0.5) is 11.4 Å². The Kier molecular flexibility index (Phi) is 6.60. The van der Waals surface area contributed by atoms with Crippen molar-refractivity contribution in [3.05, 3.63) is 112 Å². The number of nitro groups is 1. The highest BCUT2D eigenvalue weighted by molar-refractivity contribution is 6.03. The van der Waals surface area contributed by atoms with Gasteiger partial charge in [0.15, 0.2) is 5.69 Å². The molecule has 4 aromatic rings. The maximum Gasteiger partial charge on any atom is 0.276 e. The summed E-state index contributed by atoms with van der Waals surface area (Å²) in [6.07, 6.45) is 1.95. The van der Waals surface area contributed by atoms with Gasteiger partial charge in [0.25, 0.3) is 11.6 Å². The maximum absolute atomic E-state index is 12.8. The number of hydrogen-bond acceptors (Lipinski definition) is 6. The first kappa shape index (κ1) is 22.2. The van der Waals surface area contributed by atoms with Crippen molar-refractivity contribution in [2.24, 2.45) is 0 Å². The highest BCUT2D eigenvalue weighted by atomic mass is 16.6. The van der Waals surface area contributed by atoms with E-state index in [0.29, 0.717) is 23.5 Å². The van der Waals surface area contributed by atoms with E-state index in [-0.39, 0.29) is 18.0 Å². The quantitative estimate of drug-likeness (QED) is 0.305. The number of benzene rings is 3. The Labute approximate surface area is 195 Å². The summed E-state index contributed by atoms with van der Waals surface area (Å²) in [5.41, 5.74) is 3.06. The van der Waals surface area contributed by atoms with Crippen LogP contribution in [-0.2, 0) is 13.0 Å².